The highest BCUT2D eigenvalue weighted by molar-refractivity contribution is 6.05. The van der Waals surface area contributed by atoms with E-state index in [1.807, 2.05) is 13.8 Å². The molecule has 1 unspecified atom stereocenters. The Morgan fingerprint density at radius 3 is 2.43 bits per heavy atom. The Morgan fingerprint density at radius 1 is 1.36 bits per heavy atom. The van der Waals surface area contributed by atoms with Crippen LogP contribution in [-0.2, 0) is 4.79 Å². The molecule has 1 atom stereocenters. The molecule has 1 amide bonds. The summed E-state index contributed by atoms with van der Waals surface area (Å²) >= 11 is 0. The number of rotatable bonds is 4. The number of amides is 1. The third-order valence-corrected chi connectivity index (χ3v) is 2.42. The zero-order chi connectivity index (χ0) is 10.7. The van der Waals surface area contributed by atoms with E-state index in [9.17, 15) is 4.79 Å². The first-order valence-corrected chi connectivity index (χ1v) is 5.38. The second kappa shape index (κ2) is 4.58. The van der Waals surface area contributed by atoms with Gasteiger partial charge in [0.2, 0.25) is 5.91 Å². The van der Waals surface area contributed by atoms with Gasteiger partial charge in [-0.25, -0.2) is 0 Å². The first kappa shape index (κ1) is 11.2. The van der Waals surface area contributed by atoms with E-state index in [1.165, 1.54) is 0 Å². The van der Waals surface area contributed by atoms with Gasteiger partial charge in [0.1, 0.15) is 11.9 Å². The lowest BCUT2D eigenvalue weighted by Gasteiger charge is -2.06. The van der Waals surface area contributed by atoms with Crippen LogP contribution in [0.5, 0.6) is 0 Å². The molecule has 0 bridgehead atoms. The van der Waals surface area contributed by atoms with E-state index >= 15 is 0 Å². The molecule has 1 rings (SSSR count). The van der Waals surface area contributed by atoms with Gasteiger partial charge in [0.15, 0.2) is 0 Å². The van der Waals surface area contributed by atoms with Crippen LogP contribution >= 0.6 is 0 Å². The van der Waals surface area contributed by atoms with Crippen LogP contribution in [0.3, 0.4) is 0 Å². The summed E-state index contributed by atoms with van der Waals surface area (Å²) in [5.41, 5.74) is 0. The maximum absolute atomic E-state index is 11.4. The molecule has 14 heavy (non-hydrogen) atoms. The summed E-state index contributed by atoms with van der Waals surface area (Å²) in [6, 6.07) is -0.155. The Bertz CT molecular complexity index is 244. The van der Waals surface area contributed by atoms with Gasteiger partial charge in [-0.1, -0.05) is 27.7 Å². The van der Waals surface area contributed by atoms with Crippen molar-refractivity contribution in [1.82, 2.24) is 5.32 Å². The second-order valence-electron chi connectivity index (χ2n) is 4.69. The van der Waals surface area contributed by atoms with Crippen molar-refractivity contribution < 1.29 is 4.79 Å². The first-order chi connectivity index (χ1) is 6.50. The molecule has 0 saturated carbocycles. The molecule has 3 heteroatoms. The van der Waals surface area contributed by atoms with Gasteiger partial charge in [0.05, 0.1) is 0 Å². The zero-order valence-electron chi connectivity index (χ0n) is 9.50. The highest BCUT2D eigenvalue weighted by Crippen LogP contribution is 2.14. The van der Waals surface area contributed by atoms with Crippen LogP contribution in [0.15, 0.2) is 4.99 Å². The fourth-order valence-corrected chi connectivity index (χ4v) is 1.48. The lowest BCUT2D eigenvalue weighted by Crippen LogP contribution is -2.31. The molecule has 0 saturated heterocycles. The Hall–Kier alpha value is -0.860. The SMILES string of the molecule is CC(C)CCC1=NC(C(C)C)C(=O)N1. The van der Waals surface area contributed by atoms with Crippen LogP contribution in [-0.4, -0.2) is 17.8 Å². The summed E-state index contributed by atoms with van der Waals surface area (Å²) in [5, 5.41) is 2.85. The van der Waals surface area contributed by atoms with Crippen molar-refractivity contribution in [3.8, 4) is 0 Å². The quantitative estimate of drug-likeness (QED) is 0.734. The van der Waals surface area contributed by atoms with E-state index in [4.69, 9.17) is 0 Å². The van der Waals surface area contributed by atoms with Gasteiger partial charge < -0.3 is 5.32 Å². The fraction of sp³-hybridized carbons (Fsp3) is 0.818. The Kier molecular flexibility index (Phi) is 3.67. The Labute approximate surface area is 86.0 Å². The van der Waals surface area contributed by atoms with Gasteiger partial charge in [-0.2, -0.15) is 0 Å². The van der Waals surface area contributed by atoms with Gasteiger partial charge in [-0.05, 0) is 18.3 Å². The van der Waals surface area contributed by atoms with Crippen molar-refractivity contribution in [1.29, 1.82) is 0 Å². The molecule has 1 aliphatic heterocycles. The number of hydrogen-bond donors (Lipinski definition) is 1. The summed E-state index contributed by atoms with van der Waals surface area (Å²) < 4.78 is 0. The highest BCUT2D eigenvalue weighted by Gasteiger charge is 2.28. The minimum atomic E-state index is -0.155. The number of hydrogen-bond acceptors (Lipinski definition) is 2. The summed E-state index contributed by atoms with van der Waals surface area (Å²) in [7, 11) is 0. The number of aliphatic imine (C=N–C) groups is 1. The third kappa shape index (κ3) is 2.82. The average Bonchev–Trinajstić information content (AvgIpc) is 2.43. The average molecular weight is 196 g/mol. The highest BCUT2D eigenvalue weighted by atomic mass is 16.2. The third-order valence-electron chi connectivity index (χ3n) is 2.42. The van der Waals surface area contributed by atoms with Crippen LogP contribution in [0.4, 0.5) is 0 Å². The molecule has 0 radical (unpaired) electrons. The topological polar surface area (TPSA) is 41.5 Å². The maximum atomic E-state index is 11.4. The normalized spacial score (nSPS) is 21.7. The molecule has 80 valence electrons. The summed E-state index contributed by atoms with van der Waals surface area (Å²) in [4.78, 5) is 15.8. The smallest absolute Gasteiger partial charge is 0.250 e. The number of amidine groups is 1. The molecule has 0 aliphatic carbocycles. The van der Waals surface area contributed by atoms with E-state index in [-0.39, 0.29) is 11.9 Å². The zero-order valence-corrected chi connectivity index (χ0v) is 9.50. The molecule has 0 fully saturated rings. The maximum Gasteiger partial charge on any atom is 0.250 e. The van der Waals surface area contributed by atoms with Crippen molar-refractivity contribution in [2.75, 3.05) is 0 Å². The molecule has 0 aromatic heterocycles. The van der Waals surface area contributed by atoms with Crippen molar-refractivity contribution in [2.45, 2.75) is 46.6 Å². The van der Waals surface area contributed by atoms with E-state index in [1.54, 1.807) is 0 Å². The molecule has 1 aliphatic rings. The number of carbonyl (C=O) groups is 1. The summed E-state index contributed by atoms with van der Waals surface area (Å²) in [6.07, 6.45) is 1.98. The number of carbonyl (C=O) groups excluding carboxylic acids is 1. The van der Waals surface area contributed by atoms with Crippen LogP contribution < -0.4 is 5.32 Å². The largest absolute Gasteiger partial charge is 0.313 e. The Morgan fingerprint density at radius 2 is 2.00 bits per heavy atom. The number of nitrogens with one attached hydrogen (secondary N) is 1. The molecular weight excluding hydrogens is 176 g/mol. The molecule has 3 nitrogen and oxygen atoms in total. The van der Waals surface area contributed by atoms with Gasteiger partial charge in [-0.15, -0.1) is 0 Å². The van der Waals surface area contributed by atoms with Gasteiger partial charge in [0.25, 0.3) is 0 Å². The molecule has 0 spiro atoms. The van der Waals surface area contributed by atoms with Crippen LogP contribution in [0.25, 0.3) is 0 Å². The molecular formula is C11H20N2O. The second-order valence-corrected chi connectivity index (χ2v) is 4.69. The van der Waals surface area contributed by atoms with Crippen molar-refractivity contribution in [3.63, 3.8) is 0 Å². The minimum Gasteiger partial charge on any atom is -0.313 e. The lowest BCUT2D eigenvalue weighted by atomic mass is 10.1. The molecule has 1 N–H and O–H groups in total. The Balaban J connectivity index is 2.49. The van der Waals surface area contributed by atoms with Gasteiger partial charge >= 0.3 is 0 Å². The minimum absolute atomic E-state index is 0.0683. The van der Waals surface area contributed by atoms with Crippen molar-refractivity contribution in [2.24, 2.45) is 16.8 Å². The van der Waals surface area contributed by atoms with E-state index in [0.29, 0.717) is 11.8 Å². The number of nitrogens with zero attached hydrogens (tertiary/aromatic N) is 1. The predicted molar refractivity (Wildman–Crippen MR) is 58.3 cm³/mol. The monoisotopic (exact) mass is 196 g/mol. The van der Waals surface area contributed by atoms with Gasteiger partial charge in [-0.3, -0.25) is 9.79 Å². The van der Waals surface area contributed by atoms with E-state index in [2.05, 4.69) is 24.2 Å². The lowest BCUT2D eigenvalue weighted by molar-refractivity contribution is -0.120. The van der Waals surface area contributed by atoms with Gasteiger partial charge in [0, 0.05) is 6.42 Å². The summed E-state index contributed by atoms with van der Waals surface area (Å²) in [6.45, 7) is 8.41. The van der Waals surface area contributed by atoms with E-state index in [0.717, 1.165) is 18.7 Å². The molecule has 0 aromatic rings. The fourth-order valence-electron chi connectivity index (χ4n) is 1.48. The molecule has 1 heterocycles. The summed E-state index contributed by atoms with van der Waals surface area (Å²) in [5.74, 6) is 1.90. The van der Waals surface area contributed by atoms with Crippen LogP contribution in [0.1, 0.15) is 40.5 Å². The van der Waals surface area contributed by atoms with Crippen molar-refractivity contribution in [3.05, 3.63) is 0 Å². The first-order valence-electron chi connectivity index (χ1n) is 5.38. The standard InChI is InChI=1S/C11H20N2O/c1-7(2)5-6-9-12-10(8(3)4)11(14)13-9/h7-8,10H,5-6H2,1-4H3,(H,12,13,14). The van der Waals surface area contributed by atoms with Crippen LogP contribution in [0, 0.1) is 11.8 Å². The van der Waals surface area contributed by atoms with Crippen molar-refractivity contribution >= 4 is 11.7 Å². The van der Waals surface area contributed by atoms with E-state index < -0.39 is 0 Å². The molecule has 0 aromatic carbocycles. The van der Waals surface area contributed by atoms with Crippen LogP contribution in [0.2, 0.25) is 0 Å². The predicted octanol–water partition coefficient (Wildman–Crippen LogP) is 1.98.